The van der Waals surface area contributed by atoms with Crippen molar-refractivity contribution in [2.75, 3.05) is 0 Å². The van der Waals surface area contributed by atoms with Gasteiger partial charge in [-0.05, 0) is 37.3 Å². The molecule has 20 heavy (non-hydrogen) atoms. The molecule has 0 atom stereocenters. The molecule has 3 rings (SSSR count). The van der Waals surface area contributed by atoms with Crippen LogP contribution in [0.4, 0.5) is 0 Å². The summed E-state index contributed by atoms with van der Waals surface area (Å²) in [6.45, 7) is 4.62. The SMILES string of the molecule is CC(C)CC1(c2nncn2-c2ccccc2)CCCC1. The molecular formula is C17H23N3. The van der Waals surface area contributed by atoms with Crippen LogP contribution in [0.25, 0.3) is 5.69 Å². The third-order valence-electron chi connectivity index (χ3n) is 4.42. The minimum absolute atomic E-state index is 0.223. The topological polar surface area (TPSA) is 30.7 Å². The summed E-state index contributed by atoms with van der Waals surface area (Å²) in [5, 5.41) is 8.72. The van der Waals surface area contributed by atoms with Crippen LogP contribution in [0.3, 0.4) is 0 Å². The van der Waals surface area contributed by atoms with Crippen LogP contribution in [-0.2, 0) is 5.41 Å². The van der Waals surface area contributed by atoms with Crippen molar-refractivity contribution in [3.8, 4) is 5.69 Å². The highest BCUT2D eigenvalue weighted by Crippen LogP contribution is 2.45. The van der Waals surface area contributed by atoms with E-state index in [9.17, 15) is 0 Å². The Kier molecular flexibility index (Phi) is 3.60. The number of benzene rings is 1. The van der Waals surface area contributed by atoms with Crippen molar-refractivity contribution < 1.29 is 0 Å². The predicted octanol–water partition coefficient (Wildman–Crippen LogP) is 4.13. The minimum atomic E-state index is 0.223. The van der Waals surface area contributed by atoms with Gasteiger partial charge in [0.1, 0.15) is 12.2 Å². The van der Waals surface area contributed by atoms with Crippen LogP contribution in [0.1, 0.15) is 51.8 Å². The molecule has 1 aliphatic rings. The molecule has 106 valence electrons. The van der Waals surface area contributed by atoms with Crippen LogP contribution in [-0.4, -0.2) is 14.8 Å². The molecule has 1 aromatic heterocycles. The molecule has 1 aliphatic carbocycles. The number of hydrogen-bond acceptors (Lipinski definition) is 2. The van der Waals surface area contributed by atoms with Gasteiger partial charge in [0.2, 0.25) is 0 Å². The standard InChI is InChI=1S/C17H23N3/c1-14(2)12-17(10-6-7-11-17)16-19-18-13-20(16)15-8-4-3-5-9-15/h3-5,8-9,13-14H,6-7,10-12H2,1-2H3. The molecule has 0 unspecified atom stereocenters. The Labute approximate surface area is 121 Å². The number of aromatic nitrogens is 3. The average Bonchev–Trinajstić information content (AvgIpc) is 3.08. The van der Waals surface area contributed by atoms with Crippen LogP contribution >= 0.6 is 0 Å². The van der Waals surface area contributed by atoms with Crippen LogP contribution in [0, 0.1) is 5.92 Å². The van der Waals surface area contributed by atoms with E-state index in [-0.39, 0.29) is 5.41 Å². The summed E-state index contributed by atoms with van der Waals surface area (Å²) in [4.78, 5) is 0. The van der Waals surface area contributed by atoms with Gasteiger partial charge in [0.05, 0.1) is 0 Å². The Bertz CT molecular complexity index is 551. The van der Waals surface area contributed by atoms with E-state index in [0.717, 1.165) is 5.82 Å². The first kappa shape index (κ1) is 13.3. The van der Waals surface area contributed by atoms with E-state index in [1.54, 1.807) is 0 Å². The number of para-hydroxylation sites is 1. The first-order valence-electron chi connectivity index (χ1n) is 7.67. The van der Waals surface area contributed by atoms with E-state index in [2.05, 4.69) is 52.9 Å². The maximum atomic E-state index is 4.51. The molecule has 0 spiro atoms. The van der Waals surface area contributed by atoms with Crippen molar-refractivity contribution >= 4 is 0 Å². The molecule has 1 heterocycles. The van der Waals surface area contributed by atoms with Gasteiger partial charge in [0.15, 0.2) is 0 Å². The molecule has 0 amide bonds. The second-order valence-electron chi connectivity index (χ2n) is 6.45. The molecule has 1 aromatic carbocycles. The molecule has 0 bridgehead atoms. The molecule has 0 saturated heterocycles. The van der Waals surface area contributed by atoms with E-state index in [4.69, 9.17) is 0 Å². The maximum absolute atomic E-state index is 4.51. The van der Waals surface area contributed by atoms with Gasteiger partial charge in [-0.2, -0.15) is 0 Å². The zero-order valence-electron chi connectivity index (χ0n) is 12.4. The summed E-state index contributed by atoms with van der Waals surface area (Å²) in [6, 6.07) is 10.5. The average molecular weight is 269 g/mol. The zero-order chi connectivity index (χ0) is 14.0. The van der Waals surface area contributed by atoms with Crippen molar-refractivity contribution in [2.45, 2.75) is 51.4 Å². The molecule has 0 radical (unpaired) electrons. The third-order valence-corrected chi connectivity index (χ3v) is 4.42. The van der Waals surface area contributed by atoms with Gasteiger partial charge in [-0.15, -0.1) is 10.2 Å². The quantitative estimate of drug-likeness (QED) is 0.835. The van der Waals surface area contributed by atoms with Gasteiger partial charge in [-0.25, -0.2) is 0 Å². The Hall–Kier alpha value is -1.64. The summed E-state index contributed by atoms with van der Waals surface area (Å²) >= 11 is 0. The second-order valence-corrected chi connectivity index (χ2v) is 6.45. The van der Waals surface area contributed by atoms with E-state index in [1.165, 1.54) is 37.8 Å². The first-order chi connectivity index (χ1) is 9.71. The highest BCUT2D eigenvalue weighted by molar-refractivity contribution is 5.34. The van der Waals surface area contributed by atoms with Crippen molar-refractivity contribution in [2.24, 2.45) is 5.92 Å². The van der Waals surface area contributed by atoms with Gasteiger partial charge in [0.25, 0.3) is 0 Å². The Morgan fingerprint density at radius 2 is 1.85 bits per heavy atom. The molecule has 1 saturated carbocycles. The molecular weight excluding hydrogens is 246 g/mol. The van der Waals surface area contributed by atoms with E-state index in [0.29, 0.717) is 5.92 Å². The van der Waals surface area contributed by atoms with Gasteiger partial charge >= 0.3 is 0 Å². The molecule has 0 N–H and O–H groups in total. The highest BCUT2D eigenvalue weighted by atomic mass is 15.3. The first-order valence-corrected chi connectivity index (χ1v) is 7.67. The molecule has 3 nitrogen and oxygen atoms in total. The summed E-state index contributed by atoms with van der Waals surface area (Å²) in [5.41, 5.74) is 1.39. The summed E-state index contributed by atoms with van der Waals surface area (Å²) in [5.74, 6) is 1.85. The second kappa shape index (κ2) is 5.39. The van der Waals surface area contributed by atoms with Crippen LogP contribution in [0.15, 0.2) is 36.7 Å². The summed E-state index contributed by atoms with van der Waals surface area (Å²) < 4.78 is 2.19. The third kappa shape index (κ3) is 2.37. The number of nitrogens with zero attached hydrogens (tertiary/aromatic N) is 3. The normalized spacial score (nSPS) is 17.8. The monoisotopic (exact) mass is 269 g/mol. The lowest BCUT2D eigenvalue weighted by molar-refractivity contribution is 0.324. The lowest BCUT2D eigenvalue weighted by Gasteiger charge is -2.30. The predicted molar refractivity (Wildman–Crippen MR) is 81.0 cm³/mol. The molecule has 0 aliphatic heterocycles. The van der Waals surface area contributed by atoms with E-state index in [1.807, 2.05) is 12.4 Å². The Morgan fingerprint density at radius 3 is 2.50 bits per heavy atom. The minimum Gasteiger partial charge on any atom is -0.285 e. The molecule has 1 fully saturated rings. The molecule has 2 aromatic rings. The lowest BCUT2D eigenvalue weighted by Crippen LogP contribution is -2.28. The Morgan fingerprint density at radius 1 is 1.15 bits per heavy atom. The fraction of sp³-hybridized carbons (Fsp3) is 0.529. The zero-order valence-corrected chi connectivity index (χ0v) is 12.4. The van der Waals surface area contributed by atoms with E-state index >= 15 is 0 Å². The highest BCUT2D eigenvalue weighted by Gasteiger charge is 2.40. The fourth-order valence-electron chi connectivity index (χ4n) is 3.73. The fourth-order valence-corrected chi connectivity index (χ4v) is 3.73. The maximum Gasteiger partial charge on any atom is 0.143 e. The van der Waals surface area contributed by atoms with Crippen molar-refractivity contribution in [1.29, 1.82) is 0 Å². The summed E-state index contributed by atoms with van der Waals surface area (Å²) in [6.07, 6.45) is 8.19. The summed E-state index contributed by atoms with van der Waals surface area (Å²) in [7, 11) is 0. The van der Waals surface area contributed by atoms with Crippen molar-refractivity contribution in [3.63, 3.8) is 0 Å². The van der Waals surface area contributed by atoms with Crippen LogP contribution in [0.2, 0.25) is 0 Å². The van der Waals surface area contributed by atoms with Crippen LogP contribution in [0.5, 0.6) is 0 Å². The number of hydrogen-bond donors (Lipinski definition) is 0. The van der Waals surface area contributed by atoms with Gasteiger partial charge in [-0.1, -0.05) is 44.9 Å². The lowest BCUT2D eigenvalue weighted by atomic mass is 9.77. The van der Waals surface area contributed by atoms with Gasteiger partial charge in [-0.3, -0.25) is 4.57 Å². The molecule has 3 heteroatoms. The van der Waals surface area contributed by atoms with Gasteiger partial charge in [0, 0.05) is 11.1 Å². The van der Waals surface area contributed by atoms with Crippen molar-refractivity contribution in [3.05, 3.63) is 42.5 Å². The van der Waals surface area contributed by atoms with E-state index < -0.39 is 0 Å². The Balaban J connectivity index is 2.03. The van der Waals surface area contributed by atoms with Crippen molar-refractivity contribution in [1.82, 2.24) is 14.8 Å². The van der Waals surface area contributed by atoms with Gasteiger partial charge < -0.3 is 0 Å². The van der Waals surface area contributed by atoms with Crippen LogP contribution < -0.4 is 0 Å². The largest absolute Gasteiger partial charge is 0.285 e. The smallest absolute Gasteiger partial charge is 0.143 e. The number of rotatable bonds is 4.